The van der Waals surface area contributed by atoms with Gasteiger partial charge in [0.25, 0.3) is 5.56 Å². The number of aromatic amines is 1. The minimum atomic E-state index is -0.488. The van der Waals surface area contributed by atoms with Crippen LogP contribution in [-0.2, 0) is 19.3 Å². The van der Waals surface area contributed by atoms with Crippen LogP contribution < -0.4 is 11.2 Å². The molecule has 0 amide bonds. The number of hydrogen-bond donors (Lipinski definition) is 1. The Bertz CT molecular complexity index is 1030. The van der Waals surface area contributed by atoms with Gasteiger partial charge in [-0.1, -0.05) is 47.6 Å². The first-order valence-corrected chi connectivity index (χ1v) is 8.56. The SMILES string of the molecule is C=CCn1c(SCc2ccccc2Cl)nc2c1c(=O)[nH]c(=O)n2C. The third-order valence-corrected chi connectivity index (χ3v) is 4.99. The molecule has 0 fully saturated rings. The van der Waals surface area contributed by atoms with E-state index in [-0.39, 0.29) is 0 Å². The first-order valence-electron chi connectivity index (χ1n) is 7.19. The van der Waals surface area contributed by atoms with E-state index >= 15 is 0 Å². The van der Waals surface area contributed by atoms with E-state index in [9.17, 15) is 9.59 Å². The maximum Gasteiger partial charge on any atom is 0.329 e. The lowest BCUT2D eigenvalue weighted by Crippen LogP contribution is -2.29. The van der Waals surface area contributed by atoms with Crippen LogP contribution in [0.2, 0.25) is 5.02 Å². The molecule has 3 rings (SSSR count). The molecule has 24 heavy (non-hydrogen) atoms. The van der Waals surface area contributed by atoms with Crippen molar-refractivity contribution in [3.8, 4) is 0 Å². The Labute approximate surface area is 146 Å². The highest BCUT2D eigenvalue weighted by Gasteiger charge is 2.17. The lowest BCUT2D eigenvalue weighted by atomic mass is 10.2. The molecule has 124 valence electrons. The minimum Gasteiger partial charge on any atom is -0.309 e. The highest BCUT2D eigenvalue weighted by atomic mass is 35.5. The number of H-pyrrole nitrogens is 1. The highest BCUT2D eigenvalue weighted by Crippen LogP contribution is 2.27. The zero-order valence-electron chi connectivity index (χ0n) is 13.0. The summed E-state index contributed by atoms with van der Waals surface area (Å²) in [4.78, 5) is 30.7. The number of aryl methyl sites for hydroxylation is 1. The summed E-state index contributed by atoms with van der Waals surface area (Å²) in [6.07, 6.45) is 1.69. The summed E-state index contributed by atoms with van der Waals surface area (Å²) in [5.74, 6) is 0.603. The molecule has 0 bridgehead atoms. The zero-order valence-corrected chi connectivity index (χ0v) is 14.5. The Morgan fingerprint density at radius 1 is 1.38 bits per heavy atom. The number of thioether (sulfide) groups is 1. The van der Waals surface area contributed by atoms with Crippen molar-refractivity contribution in [2.45, 2.75) is 17.5 Å². The summed E-state index contributed by atoms with van der Waals surface area (Å²) in [6.45, 7) is 4.15. The quantitative estimate of drug-likeness (QED) is 0.559. The molecule has 0 atom stereocenters. The fraction of sp³-hybridized carbons (Fsp3) is 0.188. The average Bonchev–Trinajstić information content (AvgIpc) is 2.92. The highest BCUT2D eigenvalue weighted by molar-refractivity contribution is 7.98. The normalized spacial score (nSPS) is 11.1. The molecule has 2 heterocycles. The predicted molar refractivity (Wildman–Crippen MR) is 96.8 cm³/mol. The predicted octanol–water partition coefficient (Wildman–Crippen LogP) is 2.56. The fourth-order valence-electron chi connectivity index (χ4n) is 2.38. The molecule has 0 radical (unpaired) electrons. The van der Waals surface area contributed by atoms with Crippen LogP contribution in [0.4, 0.5) is 0 Å². The van der Waals surface area contributed by atoms with Crippen LogP contribution >= 0.6 is 23.4 Å². The van der Waals surface area contributed by atoms with Gasteiger partial charge in [-0.3, -0.25) is 14.3 Å². The van der Waals surface area contributed by atoms with Gasteiger partial charge in [-0.05, 0) is 11.6 Å². The number of imidazole rings is 1. The second-order valence-electron chi connectivity index (χ2n) is 5.16. The Morgan fingerprint density at radius 2 is 2.12 bits per heavy atom. The standard InChI is InChI=1S/C16H15ClN4O2S/c1-3-8-21-12-13(20(2)15(23)19-14(12)22)18-16(21)24-9-10-6-4-5-7-11(10)17/h3-7H,1,8-9H2,2H3,(H,19,22,23). The maximum atomic E-state index is 12.2. The smallest absolute Gasteiger partial charge is 0.309 e. The van der Waals surface area contributed by atoms with E-state index in [4.69, 9.17) is 11.6 Å². The maximum absolute atomic E-state index is 12.2. The van der Waals surface area contributed by atoms with E-state index in [0.717, 1.165) is 5.56 Å². The molecular formula is C16H15ClN4O2S. The second kappa shape index (κ2) is 6.70. The van der Waals surface area contributed by atoms with Crippen LogP contribution in [0.3, 0.4) is 0 Å². The number of rotatable bonds is 5. The summed E-state index contributed by atoms with van der Waals surface area (Å²) >= 11 is 7.64. The topological polar surface area (TPSA) is 72.7 Å². The molecular weight excluding hydrogens is 348 g/mol. The fourth-order valence-corrected chi connectivity index (χ4v) is 3.67. The second-order valence-corrected chi connectivity index (χ2v) is 6.51. The van der Waals surface area contributed by atoms with Crippen LogP contribution in [0.15, 0.2) is 51.7 Å². The number of allylic oxidation sites excluding steroid dienone is 1. The number of fused-ring (bicyclic) bond motifs is 1. The van der Waals surface area contributed by atoms with Gasteiger partial charge in [-0.2, -0.15) is 0 Å². The molecule has 0 spiro atoms. The molecule has 3 aromatic rings. The number of nitrogens with one attached hydrogen (secondary N) is 1. The van der Waals surface area contributed by atoms with E-state index in [0.29, 0.717) is 33.6 Å². The Balaban J connectivity index is 2.09. The van der Waals surface area contributed by atoms with Gasteiger partial charge in [-0.15, -0.1) is 6.58 Å². The molecule has 2 aromatic heterocycles. The van der Waals surface area contributed by atoms with E-state index < -0.39 is 11.2 Å². The first kappa shape index (κ1) is 16.6. The third-order valence-electron chi connectivity index (χ3n) is 3.60. The van der Waals surface area contributed by atoms with Gasteiger partial charge in [0.15, 0.2) is 16.3 Å². The number of aromatic nitrogens is 4. The van der Waals surface area contributed by atoms with Crippen molar-refractivity contribution in [3.05, 3.63) is 68.3 Å². The molecule has 0 aliphatic heterocycles. The van der Waals surface area contributed by atoms with Gasteiger partial charge in [0.2, 0.25) is 0 Å². The molecule has 6 nitrogen and oxygen atoms in total. The van der Waals surface area contributed by atoms with Gasteiger partial charge in [0.1, 0.15) is 0 Å². The summed E-state index contributed by atoms with van der Waals surface area (Å²) < 4.78 is 3.08. The summed E-state index contributed by atoms with van der Waals surface area (Å²) in [7, 11) is 1.58. The van der Waals surface area contributed by atoms with E-state index in [1.54, 1.807) is 17.7 Å². The Hall–Kier alpha value is -2.25. The molecule has 0 unspecified atom stereocenters. The molecule has 1 N–H and O–H groups in total. The summed E-state index contributed by atoms with van der Waals surface area (Å²) in [5, 5.41) is 1.32. The van der Waals surface area contributed by atoms with Crippen LogP contribution in [0.1, 0.15) is 5.56 Å². The molecule has 0 saturated carbocycles. The van der Waals surface area contributed by atoms with Gasteiger partial charge in [0, 0.05) is 24.4 Å². The molecule has 1 aromatic carbocycles. The van der Waals surface area contributed by atoms with E-state index in [2.05, 4.69) is 16.5 Å². The summed E-state index contributed by atoms with van der Waals surface area (Å²) in [6, 6.07) is 7.57. The third kappa shape index (κ3) is 2.92. The van der Waals surface area contributed by atoms with Crippen LogP contribution in [-0.4, -0.2) is 19.1 Å². The van der Waals surface area contributed by atoms with Crippen molar-refractivity contribution in [1.82, 2.24) is 19.1 Å². The van der Waals surface area contributed by atoms with Crippen molar-refractivity contribution >= 4 is 34.5 Å². The van der Waals surface area contributed by atoms with Crippen molar-refractivity contribution in [1.29, 1.82) is 0 Å². The van der Waals surface area contributed by atoms with E-state index in [1.165, 1.54) is 16.3 Å². The number of hydrogen-bond acceptors (Lipinski definition) is 4. The van der Waals surface area contributed by atoms with Crippen molar-refractivity contribution < 1.29 is 0 Å². The lowest BCUT2D eigenvalue weighted by Gasteiger charge is -2.06. The number of nitrogens with zero attached hydrogens (tertiary/aromatic N) is 3. The van der Waals surface area contributed by atoms with Crippen molar-refractivity contribution in [2.24, 2.45) is 7.05 Å². The lowest BCUT2D eigenvalue weighted by molar-refractivity contribution is 0.745. The molecule has 0 saturated heterocycles. The number of benzene rings is 1. The van der Waals surface area contributed by atoms with Crippen LogP contribution in [0, 0.1) is 0 Å². The average molecular weight is 363 g/mol. The van der Waals surface area contributed by atoms with E-state index in [1.807, 2.05) is 24.3 Å². The zero-order chi connectivity index (χ0) is 17.3. The monoisotopic (exact) mass is 362 g/mol. The van der Waals surface area contributed by atoms with Crippen molar-refractivity contribution in [2.75, 3.05) is 0 Å². The van der Waals surface area contributed by atoms with Gasteiger partial charge in [0.05, 0.1) is 0 Å². The Kier molecular flexibility index (Phi) is 4.64. The molecule has 8 heteroatoms. The molecule has 0 aliphatic carbocycles. The molecule has 0 aliphatic rings. The first-order chi connectivity index (χ1) is 11.5. The Morgan fingerprint density at radius 3 is 2.83 bits per heavy atom. The largest absolute Gasteiger partial charge is 0.329 e. The summed E-state index contributed by atoms with van der Waals surface area (Å²) in [5.41, 5.74) is 0.751. The van der Waals surface area contributed by atoms with Gasteiger partial charge < -0.3 is 4.57 Å². The van der Waals surface area contributed by atoms with Crippen molar-refractivity contribution in [3.63, 3.8) is 0 Å². The van der Waals surface area contributed by atoms with Gasteiger partial charge in [-0.25, -0.2) is 9.78 Å². The minimum absolute atomic E-state index is 0.354. The van der Waals surface area contributed by atoms with Gasteiger partial charge >= 0.3 is 5.69 Å². The number of halogens is 1. The van der Waals surface area contributed by atoms with Crippen LogP contribution in [0.5, 0.6) is 0 Å². The van der Waals surface area contributed by atoms with Crippen LogP contribution in [0.25, 0.3) is 11.2 Å².